The first-order chi connectivity index (χ1) is 6.63. The van der Waals surface area contributed by atoms with E-state index in [-0.39, 0.29) is 6.04 Å². The van der Waals surface area contributed by atoms with Gasteiger partial charge in [0.05, 0.1) is 6.04 Å². The zero-order chi connectivity index (χ0) is 10.6. The van der Waals surface area contributed by atoms with Gasteiger partial charge < -0.3 is 10.2 Å². The molecule has 0 aliphatic carbocycles. The summed E-state index contributed by atoms with van der Waals surface area (Å²) in [6.07, 6.45) is 7.94. The normalized spacial score (nSPS) is 24.1. The molecule has 80 valence electrons. The van der Waals surface area contributed by atoms with Crippen molar-refractivity contribution in [1.82, 2.24) is 10.2 Å². The van der Waals surface area contributed by atoms with Crippen molar-refractivity contribution in [3.05, 3.63) is 0 Å². The Morgan fingerprint density at radius 1 is 1.36 bits per heavy atom. The first-order valence-electron chi connectivity index (χ1n) is 5.54. The van der Waals surface area contributed by atoms with E-state index in [1.54, 1.807) is 0 Å². The molecule has 1 heterocycles. The molecule has 0 aromatic rings. The van der Waals surface area contributed by atoms with Crippen molar-refractivity contribution < 1.29 is 0 Å². The minimum Gasteiger partial charge on any atom is -0.306 e. The number of piperidine rings is 1. The molecule has 2 nitrogen and oxygen atoms in total. The summed E-state index contributed by atoms with van der Waals surface area (Å²) in [4.78, 5) is 2.40. The van der Waals surface area contributed by atoms with E-state index in [0.717, 1.165) is 5.92 Å². The molecule has 0 radical (unpaired) electrons. The van der Waals surface area contributed by atoms with E-state index < -0.39 is 0 Å². The monoisotopic (exact) mass is 194 g/mol. The molecule has 0 aromatic heterocycles. The Hall–Kier alpha value is -0.520. The van der Waals surface area contributed by atoms with Crippen LogP contribution in [0.2, 0.25) is 0 Å². The van der Waals surface area contributed by atoms with Crippen LogP contribution in [-0.4, -0.2) is 37.1 Å². The van der Waals surface area contributed by atoms with Gasteiger partial charge in [-0.1, -0.05) is 5.92 Å². The summed E-state index contributed by atoms with van der Waals surface area (Å²) in [5.41, 5.74) is 0. The van der Waals surface area contributed by atoms with Gasteiger partial charge in [-0.3, -0.25) is 0 Å². The largest absolute Gasteiger partial charge is 0.306 e. The molecule has 1 aliphatic rings. The highest BCUT2D eigenvalue weighted by molar-refractivity contribution is 4.97. The topological polar surface area (TPSA) is 15.3 Å². The molecule has 1 aliphatic heterocycles. The number of hydrogen-bond acceptors (Lipinski definition) is 2. The van der Waals surface area contributed by atoms with Crippen LogP contribution in [0.4, 0.5) is 0 Å². The molecule has 1 rings (SSSR count). The average Bonchev–Trinajstić information content (AvgIpc) is 2.18. The second kappa shape index (κ2) is 5.38. The Balaban J connectivity index is 2.31. The second-order valence-corrected chi connectivity index (χ2v) is 4.48. The Labute approximate surface area is 88.1 Å². The van der Waals surface area contributed by atoms with Gasteiger partial charge in [0, 0.05) is 6.04 Å². The minimum absolute atomic E-state index is 0.199. The van der Waals surface area contributed by atoms with Gasteiger partial charge in [0.15, 0.2) is 0 Å². The summed E-state index contributed by atoms with van der Waals surface area (Å²) >= 11 is 0. The van der Waals surface area contributed by atoms with Gasteiger partial charge in [-0.05, 0) is 52.7 Å². The highest BCUT2D eigenvalue weighted by Crippen LogP contribution is 2.19. The third-order valence-corrected chi connectivity index (χ3v) is 3.23. The summed E-state index contributed by atoms with van der Waals surface area (Å²) in [7, 11) is 2.19. The molecule has 14 heavy (non-hydrogen) atoms. The van der Waals surface area contributed by atoms with Crippen LogP contribution in [0.15, 0.2) is 0 Å². The van der Waals surface area contributed by atoms with E-state index in [2.05, 4.69) is 30.1 Å². The van der Waals surface area contributed by atoms with Crippen LogP contribution in [0, 0.1) is 18.3 Å². The van der Waals surface area contributed by atoms with E-state index >= 15 is 0 Å². The first-order valence-corrected chi connectivity index (χ1v) is 5.54. The van der Waals surface area contributed by atoms with E-state index in [4.69, 9.17) is 6.42 Å². The van der Waals surface area contributed by atoms with Crippen LogP contribution in [0.5, 0.6) is 0 Å². The summed E-state index contributed by atoms with van der Waals surface area (Å²) in [5.74, 6) is 3.52. The van der Waals surface area contributed by atoms with E-state index in [0.29, 0.717) is 6.04 Å². The molecule has 0 saturated carbocycles. The number of nitrogens with one attached hydrogen (secondary N) is 1. The van der Waals surface area contributed by atoms with Crippen molar-refractivity contribution in [3.8, 4) is 12.3 Å². The predicted octanol–water partition coefficient (Wildman–Crippen LogP) is 1.33. The zero-order valence-corrected chi connectivity index (χ0v) is 9.59. The van der Waals surface area contributed by atoms with Crippen LogP contribution in [0.1, 0.15) is 26.7 Å². The molecule has 0 aromatic carbocycles. The molecule has 0 spiro atoms. The third-order valence-electron chi connectivity index (χ3n) is 3.23. The van der Waals surface area contributed by atoms with Gasteiger partial charge >= 0.3 is 0 Å². The van der Waals surface area contributed by atoms with Gasteiger partial charge in [0.1, 0.15) is 0 Å². The van der Waals surface area contributed by atoms with Gasteiger partial charge in [0.2, 0.25) is 0 Å². The van der Waals surface area contributed by atoms with Crippen molar-refractivity contribution in [2.24, 2.45) is 5.92 Å². The van der Waals surface area contributed by atoms with Crippen molar-refractivity contribution in [2.75, 3.05) is 20.1 Å². The molecule has 2 atom stereocenters. The molecular formula is C12H22N2. The van der Waals surface area contributed by atoms with E-state index in [9.17, 15) is 0 Å². The Kier molecular flexibility index (Phi) is 4.44. The smallest absolute Gasteiger partial charge is 0.0660 e. The fourth-order valence-electron chi connectivity index (χ4n) is 2.11. The van der Waals surface area contributed by atoms with Crippen LogP contribution < -0.4 is 5.32 Å². The zero-order valence-electron chi connectivity index (χ0n) is 9.59. The van der Waals surface area contributed by atoms with E-state index in [1.807, 2.05) is 6.92 Å². The lowest BCUT2D eigenvalue weighted by Gasteiger charge is -2.33. The maximum atomic E-state index is 5.35. The van der Waals surface area contributed by atoms with Crippen molar-refractivity contribution in [1.29, 1.82) is 0 Å². The second-order valence-electron chi connectivity index (χ2n) is 4.48. The molecule has 1 saturated heterocycles. The Morgan fingerprint density at radius 2 is 1.93 bits per heavy atom. The highest BCUT2D eigenvalue weighted by atomic mass is 15.1. The van der Waals surface area contributed by atoms with Gasteiger partial charge in [-0.15, -0.1) is 6.42 Å². The summed E-state index contributed by atoms with van der Waals surface area (Å²) < 4.78 is 0. The molecule has 0 bridgehead atoms. The van der Waals surface area contributed by atoms with Gasteiger partial charge in [-0.2, -0.15) is 0 Å². The minimum atomic E-state index is 0.199. The molecule has 1 N–H and O–H groups in total. The van der Waals surface area contributed by atoms with Gasteiger partial charge in [-0.25, -0.2) is 0 Å². The summed E-state index contributed by atoms with van der Waals surface area (Å²) in [5, 5.41) is 3.46. The molecule has 2 unspecified atom stereocenters. The summed E-state index contributed by atoms with van der Waals surface area (Å²) in [6.45, 7) is 6.75. The maximum Gasteiger partial charge on any atom is 0.0660 e. The fourth-order valence-corrected chi connectivity index (χ4v) is 2.11. The fraction of sp³-hybridized carbons (Fsp3) is 0.833. The lowest BCUT2D eigenvalue weighted by molar-refractivity contribution is 0.188. The average molecular weight is 194 g/mol. The molecule has 0 amide bonds. The first kappa shape index (κ1) is 11.6. The van der Waals surface area contributed by atoms with Crippen molar-refractivity contribution in [2.45, 2.75) is 38.8 Å². The number of terminal acetylenes is 1. The van der Waals surface area contributed by atoms with Crippen molar-refractivity contribution in [3.63, 3.8) is 0 Å². The SMILES string of the molecule is C#CC(C)NC(C)C1CCN(C)CC1. The van der Waals surface area contributed by atoms with Crippen LogP contribution in [-0.2, 0) is 0 Å². The number of likely N-dealkylation sites (tertiary alicyclic amines) is 1. The Bertz CT molecular complexity index is 199. The standard InChI is InChI=1S/C12H22N2/c1-5-10(2)13-11(3)12-6-8-14(4)9-7-12/h1,10-13H,6-9H2,2-4H3. The highest BCUT2D eigenvalue weighted by Gasteiger charge is 2.22. The molecule has 2 heteroatoms. The predicted molar refractivity (Wildman–Crippen MR) is 61.1 cm³/mol. The lowest BCUT2D eigenvalue weighted by Crippen LogP contribution is -2.43. The van der Waals surface area contributed by atoms with Gasteiger partial charge in [0.25, 0.3) is 0 Å². The molecular weight excluding hydrogens is 172 g/mol. The van der Waals surface area contributed by atoms with Crippen LogP contribution in [0.3, 0.4) is 0 Å². The number of nitrogens with zero attached hydrogens (tertiary/aromatic N) is 1. The van der Waals surface area contributed by atoms with Crippen LogP contribution in [0.25, 0.3) is 0 Å². The van der Waals surface area contributed by atoms with Crippen molar-refractivity contribution >= 4 is 0 Å². The quantitative estimate of drug-likeness (QED) is 0.682. The third kappa shape index (κ3) is 3.32. The molecule has 1 fully saturated rings. The number of rotatable bonds is 3. The maximum absolute atomic E-state index is 5.35. The van der Waals surface area contributed by atoms with Crippen LogP contribution >= 0.6 is 0 Å². The summed E-state index contributed by atoms with van der Waals surface area (Å²) in [6, 6.07) is 0.749. The number of hydrogen-bond donors (Lipinski definition) is 1. The van der Waals surface area contributed by atoms with E-state index in [1.165, 1.54) is 25.9 Å². The Morgan fingerprint density at radius 3 is 2.43 bits per heavy atom. The lowest BCUT2D eigenvalue weighted by atomic mass is 9.90.